The van der Waals surface area contributed by atoms with E-state index in [1.165, 1.54) is 18.6 Å². The lowest BCUT2D eigenvalue weighted by molar-refractivity contribution is -0.118. The molecule has 0 unspecified atom stereocenters. The zero-order chi connectivity index (χ0) is 14.4. The summed E-state index contributed by atoms with van der Waals surface area (Å²) in [6.45, 7) is -0.308. The van der Waals surface area contributed by atoms with Crippen LogP contribution in [0.25, 0.3) is 0 Å². The van der Waals surface area contributed by atoms with Crippen molar-refractivity contribution in [1.82, 2.24) is 15.0 Å². The molecule has 0 aliphatic carbocycles. The molecular formula is C12H8ClN5O2. The van der Waals surface area contributed by atoms with E-state index in [0.717, 1.165) is 0 Å². The zero-order valence-electron chi connectivity index (χ0n) is 10.1. The van der Waals surface area contributed by atoms with Crippen LogP contribution in [0.2, 0.25) is 5.02 Å². The monoisotopic (exact) mass is 289 g/mol. The Labute approximate surface area is 119 Å². The topological polar surface area (TPSA) is 101 Å². The Bertz CT molecular complexity index is 654. The maximum atomic E-state index is 11.6. The molecule has 0 aliphatic rings. The standard InChI is InChI=1S/C12H8ClN5O2/c13-8-1-2-10(17-6-8)18-11(19)7-20-12-9(5-14)15-3-4-16-12/h1-4,6H,7H2,(H,17,18,19). The van der Waals surface area contributed by atoms with Crippen molar-refractivity contribution in [2.45, 2.75) is 0 Å². The molecule has 2 rings (SSSR count). The summed E-state index contributed by atoms with van der Waals surface area (Å²) in [6.07, 6.45) is 4.15. The van der Waals surface area contributed by atoms with Crippen LogP contribution in [-0.2, 0) is 4.79 Å². The minimum atomic E-state index is -0.436. The molecule has 0 spiro atoms. The molecule has 0 radical (unpaired) electrons. The van der Waals surface area contributed by atoms with Gasteiger partial charge < -0.3 is 10.1 Å². The third kappa shape index (κ3) is 3.63. The van der Waals surface area contributed by atoms with Crippen LogP contribution in [0.15, 0.2) is 30.7 Å². The van der Waals surface area contributed by atoms with E-state index in [4.69, 9.17) is 21.6 Å². The maximum Gasteiger partial charge on any atom is 0.263 e. The lowest BCUT2D eigenvalue weighted by atomic mass is 10.4. The van der Waals surface area contributed by atoms with Gasteiger partial charge in [0.15, 0.2) is 6.61 Å². The summed E-state index contributed by atoms with van der Waals surface area (Å²) in [7, 11) is 0. The highest BCUT2D eigenvalue weighted by Gasteiger charge is 2.09. The largest absolute Gasteiger partial charge is 0.465 e. The van der Waals surface area contributed by atoms with E-state index in [9.17, 15) is 4.79 Å². The first kappa shape index (κ1) is 13.7. The second-order valence-corrected chi connectivity index (χ2v) is 3.96. The first-order valence-electron chi connectivity index (χ1n) is 5.44. The van der Waals surface area contributed by atoms with Gasteiger partial charge in [0.05, 0.1) is 5.02 Å². The van der Waals surface area contributed by atoms with Crippen LogP contribution in [0.3, 0.4) is 0 Å². The minimum Gasteiger partial charge on any atom is -0.465 e. The highest BCUT2D eigenvalue weighted by molar-refractivity contribution is 6.30. The number of pyridine rings is 1. The van der Waals surface area contributed by atoms with E-state index in [0.29, 0.717) is 10.8 Å². The van der Waals surface area contributed by atoms with Crippen LogP contribution in [0.5, 0.6) is 5.88 Å². The van der Waals surface area contributed by atoms with Gasteiger partial charge in [-0.2, -0.15) is 5.26 Å². The molecule has 20 heavy (non-hydrogen) atoms. The SMILES string of the molecule is N#Cc1nccnc1OCC(=O)Nc1ccc(Cl)cn1. The molecule has 1 amide bonds. The summed E-state index contributed by atoms with van der Waals surface area (Å²) in [5.74, 6) is -0.0776. The number of aromatic nitrogens is 3. The lowest BCUT2D eigenvalue weighted by Gasteiger charge is -2.06. The average Bonchev–Trinajstić information content (AvgIpc) is 2.48. The second kappa shape index (κ2) is 6.45. The number of amides is 1. The van der Waals surface area contributed by atoms with Gasteiger partial charge in [-0.05, 0) is 12.1 Å². The number of halogens is 1. The summed E-state index contributed by atoms with van der Waals surface area (Å²) < 4.78 is 5.12. The highest BCUT2D eigenvalue weighted by Crippen LogP contribution is 2.11. The molecule has 7 nitrogen and oxygen atoms in total. The Kier molecular flexibility index (Phi) is 4.42. The number of hydrogen-bond donors (Lipinski definition) is 1. The fourth-order valence-corrected chi connectivity index (χ4v) is 1.38. The van der Waals surface area contributed by atoms with Crippen LogP contribution in [-0.4, -0.2) is 27.5 Å². The molecule has 0 atom stereocenters. The van der Waals surface area contributed by atoms with Crippen molar-refractivity contribution in [3.63, 3.8) is 0 Å². The number of carbonyl (C=O) groups excluding carboxylic acids is 1. The number of nitrogens with zero attached hydrogens (tertiary/aromatic N) is 4. The van der Waals surface area contributed by atoms with Crippen LogP contribution >= 0.6 is 11.6 Å². The van der Waals surface area contributed by atoms with E-state index < -0.39 is 5.91 Å². The van der Waals surface area contributed by atoms with Gasteiger partial charge in [0.25, 0.3) is 11.8 Å². The van der Waals surface area contributed by atoms with E-state index in [2.05, 4.69) is 20.3 Å². The molecule has 1 N–H and O–H groups in total. The number of ether oxygens (including phenoxy) is 1. The van der Waals surface area contributed by atoms with Crippen LogP contribution in [0.4, 0.5) is 5.82 Å². The maximum absolute atomic E-state index is 11.6. The number of rotatable bonds is 4. The average molecular weight is 290 g/mol. The molecular weight excluding hydrogens is 282 g/mol. The summed E-state index contributed by atoms with van der Waals surface area (Å²) in [6, 6.07) is 4.98. The van der Waals surface area contributed by atoms with Gasteiger partial charge in [0.1, 0.15) is 11.9 Å². The van der Waals surface area contributed by atoms with Gasteiger partial charge in [-0.25, -0.2) is 15.0 Å². The van der Waals surface area contributed by atoms with Crippen molar-refractivity contribution in [1.29, 1.82) is 5.26 Å². The summed E-state index contributed by atoms with van der Waals surface area (Å²) >= 11 is 5.68. The van der Waals surface area contributed by atoms with Crippen molar-refractivity contribution in [2.24, 2.45) is 0 Å². The molecule has 2 aromatic heterocycles. The second-order valence-electron chi connectivity index (χ2n) is 3.52. The minimum absolute atomic E-state index is 0.00853. The van der Waals surface area contributed by atoms with Crippen molar-refractivity contribution >= 4 is 23.3 Å². The van der Waals surface area contributed by atoms with E-state index in [1.54, 1.807) is 12.1 Å². The molecule has 0 aliphatic heterocycles. The quantitative estimate of drug-likeness (QED) is 0.913. The molecule has 0 saturated heterocycles. The zero-order valence-corrected chi connectivity index (χ0v) is 10.8. The molecule has 2 heterocycles. The van der Waals surface area contributed by atoms with Gasteiger partial charge in [0, 0.05) is 18.6 Å². The first-order chi connectivity index (χ1) is 9.69. The normalized spacial score (nSPS) is 9.60. The van der Waals surface area contributed by atoms with Gasteiger partial charge >= 0.3 is 0 Å². The van der Waals surface area contributed by atoms with Gasteiger partial charge in [0.2, 0.25) is 5.69 Å². The summed E-state index contributed by atoms with van der Waals surface area (Å²) in [5.41, 5.74) is 0.0184. The van der Waals surface area contributed by atoms with E-state index in [1.807, 2.05) is 6.07 Å². The van der Waals surface area contributed by atoms with Gasteiger partial charge in [-0.1, -0.05) is 11.6 Å². The Morgan fingerprint density at radius 2 is 2.15 bits per heavy atom. The number of nitrogens with one attached hydrogen (secondary N) is 1. The lowest BCUT2D eigenvalue weighted by Crippen LogP contribution is -2.21. The third-order valence-electron chi connectivity index (χ3n) is 2.11. The number of hydrogen-bond acceptors (Lipinski definition) is 6. The molecule has 2 aromatic rings. The Morgan fingerprint density at radius 1 is 1.35 bits per heavy atom. The molecule has 0 aromatic carbocycles. The highest BCUT2D eigenvalue weighted by atomic mass is 35.5. The molecule has 100 valence electrons. The molecule has 0 fully saturated rings. The van der Waals surface area contributed by atoms with Crippen molar-refractivity contribution in [3.8, 4) is 11.9 Å². The Morgan fingerprint density at radius 3 is 2.85 bits per heavy atom. The summed E-state index contributed by atoms with van der Waals surface area (Å²) in [4.78, 5) is 23.1. The van der Waals surface area contributed by atoms with E-state index >= 15 is 0 Å². The number of nitriles is 1. The predicted octanol–water partition coefficient (Wildman–Crippen LogP) is 1.41. The van der Waals surface area contributed by atoms with Crippen LogP contribution in [0.1, 0.15) is 5.69 Å². The van der Waals surface area contributed by atoms with Crippen molar-refractivity contribution in [3.05, 3.63) is 41.4 Å². The summed E-state index contributed by atoms with van der Waals surface area (Å²) in [5, 5.41) is 11.8. The third-order valence-corrected chi connectivity index (χ3v) is 2.33. The Balaban J connectivity index is 1.92. The van der Waals surface area contributed by atoms with E-state index in [-0.39, 0.29) is 18.2 Å². The van der Waals surface area contributed by atoms with Crippen molar-refractivity contribution < 1.29 is 9.53 Å². The molecule has 0 bridgehead atoms. The van der Waals surface area contributed by atoms with Gasteiger partial charge in [-0.3, -0.25) is 4.79 Å². The number of anilines is 1. The number of carbonyl (C=O) groups is 1. The Hall–Kier alpha value is -2.72. The van der Waals surface area contributed by atoms with Crippen LogP contribution < -0.4 is 10.1 Å². The van der Waals surface area contributed by atoms with Crippen LogP contribution in [0, 0.1) is 11.3 Å². The molecule has 0 saturated carbocycles. The fraction of sp³-hybridized carbons (Fsp3) is 0.0833. The van der Waals surface area contributed by atoms with Crippen molar-refractivity contribution in [2.75, 3.05) is 11.9 Å². The van der Waals surface area contributed by atoms with Gasteiger partial charge in [-0.15, -0.1) is 0 Å². The first-order valence-corrected chi connectivity index (χ1v) is 5.82. The fourth-order valence-electron chi connectivity index (χ4n) is 1.27. The predicted molar refractivity (Wildman–Crippen MR) is 70.1 cm³/mol. The smallest absolute Gasteiger partial charge is 0.263 e. The molecule has 8 heteroatoms.